The number of hydrogen-bond acceptors (Lipinski definition) is 25. The predicted molar refractivity (Wildman–Crippen MR) is 463 cm³/mol. The van der Waals surface area contributed by atoms with Crippen LogP contribution < -0.4 is 43.6 Å². The molecule has 28 nitrogen and oxygen atoms in total. The summed E-state index contributed by atoms with van der Waals surface area (Å²) in [5.74, 6) is 2.73. The second-order valence-corrected chi connectivity index (χ2v) is 30.7. The van der Waals surface area contributed by atoms with E-state index in [9.17, 15) is 45.2 Å². The lowest BCUT2D eigenvalue weighted by Crippen LogP contribution is -2.56. The van der Waals surface area contributed by atoms with E-state index in [1.807, 2.05) is 86.6 Å². The van der Waals surface area contributed by atoms with Gasteiger partial charge < -0.3 is 88.7 Å². The molecule has 4 fully saturated rings. The highest BCUT2D eigenvalue weighted by atomic mass is 32.1. The molecule has 6 aromatic carbocycles. The molecular weight excluding hydrogens is 1520 g/mol. The summed E-state index contributed by atoms with van der Waals surface area (Å²) < 4.78 is 18.0. The number of piperazine rings is 3. The van der Waals surface area contributed by atoms with Crippen LogP contribution in [0.15, 0.2) is 147 Å². The van der Waals surface area contributed by atoms with E-state index in [1.165, 1.54) is 18.2 Å². The fraction of sp³-hybridized carbons (Fsp3) is 0.416. The van der Waals surface area contributed by atoms with E-state index >= 15 is 0 Å². The Balaban J connectivity index is 0.000000153. The molecule has 0 spiro atoms. The summed E-state index contributed by atoms with van der Waals surface area (Å²) in [5.41, 5.74) is 8.77. The Kier molecular flexibility index (Phi) is 27.5. The van der Waals surface area contributed by atoms with Crippen LogP contribution in [-0.2, 0) is 53.3 Å². The van der Waals surface area contributed by atoms with Gasteiger partial charge in [0.2, 0.25) is 17.7 Å². The van der Waals surface area contributed by atoms with Crippen LogP contribution in [0.5, 0.6) is 35.3 Å². The molecule has 4 atom stereocenters. The number of carbonyl (C=O) groups excluding carboxylic acids is 3. The van der Waals surface area contributed by atoms with Gasteiger partial charge in [-0.25, -0.2) is 0 Å². The molecule has 0 bridgehead atoms. The van der Waals surface area contributed by atoms with Crippen LogP contribution >= 0.6 is 13.5 Å². The molecule has 16 rings (SSSR count). The molecule has 0 aliphatic carbocycles. The second-order valence-electron chi connectivity index (χ2n) is 30.7. The van der Waals surface area contributed by atoms with Crippen LogP contribution in [0.3, 0.4) is 0 Å². The van der Waals surface area contributed by atoms with Gasteiger partial charge in [0.1, 0.15) is 41.3 Å². The largest absolute Gasteiger partial charge is 0.508 e. The summed E-state index contributed by atoms with van der Waals surface area (Å²) in [6.07, 6.45) is 10.8. The van der Waals surface area contributed by atoms with Crippen LogP contribution in [0.25, 0.3) is 32.3 Å². The van der Waals surface area contributed by atoms with Crippen LogP contribution in [0.2, 0.25) is 0 Å². The van der Waals surface area contributed by atoms with Gasteiger partial charge in [-0.1, -0.05) is 106 Å². The van der Waals surface area contributed by atoms with E-state index in [1.54, 1.807) is 32.9 Å². The Bertz CT molecular complexity index is 5190. The van der Waals surface area contributed by atoms with Crippen molar-refractivity contribution >= 4 is 98.1 Å². The third-order valence-electron chi connectivity index (χ3n) is 23.2. The average molecular weight is 1620 g/mol. The van der Waals surface area contributed by atoms with Gasteiger partial charge in [-0.15, -0.1) is 0 Å². The summed E-state index contributed by atoms with van der Waals surface area (Å²) >= 11 is 0. The molecular formula is C89H107N17O11S. The Morgan fingerprint density at radius 1 is 0.500 bits per heavy atom. The number of aliphatic hydroxyl groups is 2. The molecule has 5 N–H and O–H groups in total. The zero-order valence-electron chi connectivity index (χ0n) is 67.6. The van der Waals surface area contributed by atoms with Gasteiger partial charge in [-0.2, -0.15) is 48.7 Å². The number of benzene rings is 6. The van der Waals surface area contributed by atoms with Crippen LogP contribution in [0.4, 0.5) is 34.5 Å². The minimum atomic E-state index is -0.298. The molecule has 3 unspecified atom stereocenters. The van der Waals surface area contributed by atoms with E-state index in [-0.39, 0.29) is 86.2 Å². The fourth-order valence-electron chi connectivity index (χ4n) is 17.3. The lowest BCUT2D eigenvalue weighted by atomic mass is 10.0. The van der Waals surface area contributed by atoms with Crippen LogP contribution in [0, 0.1) is 11.3 Å². The number of phenolic OH excluding ortho intramolecular Hbond substituents is 3. The van der Waals surface area contributed by atoms with Gasteiger partial charge in [0.15, 0.2) is 0 Å². The van der Waals surface area contributed by atoms with Crippen molar-refractivity contribution in [2.24, 2.45) is 0 Å². The Morgan fingerprint density at radius 3 is 1.36 bits per heavy atom. The lowest BCUT2D eigenvalue weighted by molar-refractivity contribution is -0.129. The highest BCUT2D eigenvalue weighted by Gasteiger charge is 2.39. The Labute approximate surface area is 695 Å². The monoisotopic (exact) mass is 1620 g/mol. The van der Waals surface area contributed by atoms with Gasteiger partial charge in [0, 0.05) is 159 Å². The number of carbonyl (C=O) groups is 3. The maximum atomic E-state index is 12.4. The van der Waals surface area contributed by atoms with Gasteiger partial charge in [-0.3, -0.25) is 14.4 Å². The van der Waals surface area contributed by atoms with Crippen molar-refractivity contribution < 1.29 is 54.1 Å². The summed E-state index contributed by atoms with van der Waals surface area (Å²) in [7, 11) is 2.12. The topological polar surface area (TPSA) is 314 Å². The van der Waals surface area contributed by atoms with Crippen molar-refractivity contribution in [3.8, 4) is 41.3 Å². The number of fused-ring (bicyclic) bond motifs is 6. The van der Waals surface area contributed by atoms with Crippen molar-refractivity contribution in [1.29, 1.82) is 5.26 Å². The summed E-state index contributed by atoms with van der Waals surface area (Å²) in [6.45, 7) is 26.1. The minimum Gasteiger partial charge on any atom is -0.508 e. The van der Waals surface area contributed by atoms with Crippen molar-refractivity contribution in [3.63, 3.8) is 0 Å². The second kappa shape index (κ2) is 38.6. The number of aromatic hydroxyl groups is 3. The number of likely N-dealkylation sites (tertiary alicyclic amines) is 1. The Morgan fingerprint density at radius 2 is 0.932 bits per heavy atom. The molecule has 29 heteroatoms. The Hall–Kier alpha value is -11.7. The molecule has 4 saturated heterocycles. The minimum absolute atomic E-state index is 0. The SMILES string of the molecule is C=CC(=O)N1CCN(c2nc(OCCC)nc3c2CCN(c2cc(O)cc4ccccc24)C3)CC1CC#N.C=CC(=O)N1CCN(c2nc(OCCC)nc3c2CCN(c2cc(O)cc4ccccc24)C3)CC1CCO.C=CC(=O)N1CCN(c2nc(OC[C@@H]3CCCN3C)nc3c2CCN(c2cc(O)cc4ccccc24)C3)C(CO)C1.S. The highest BCUT2D eigenvalue weighted by Crippen LogP contribution is 2.42. The summed E-state index contributed by atoms with van der Waals surface area (Å²) in [6, 6.07) is 37.9. The number of hydrogen-bond donors (Lipinski definition) is 5. The van der Waals surface area contributed by atoms with Gasteiger partial charge in [0.25, 0.3) is 0 Å². The molecule has 10 heterocycles. The first-order chi connectivity index (χ1) is 57.0. The van der Waals surface area contributed by atoms with Gasteiger partial charge in [0.05, 0.1) is 87.2 Å². The van der Waals surface area contributed by atoms with Gasteiger partial charge in [-0.05, 0) is 118 Å². The number of phenols is 3. The number of nitriles is 1. The molecule has 0 radical (unpaired) electrons. The smallest absolute Gasteiger partial charge is 0.318 e. The maximum Gasteiger partial charge on any atom is 0.318 e. The van der Waals surface area contributed by atoms with Crippen molar-refractivity contribution in [3.05, 3.63) is 181 Å². The van der Waals surface area contributed by atoms with Crippen molar-refractivity contribution in [1.82, 2.24) is 49.5 Å². The molecule has 7 aliphatic rings. The third-order valence-corrected chi connectivity index (χ3v) is 23.2. The first-order valence-electron chi connectivity index (χ1n) is 40.8. The van der Waals surface area contributed by atoms with E-state index in [2.05, 4.69) is 85.4 Å². The van der Waals surface area contributed by atoms with E-state index in [0.717, 1.165) is 165 Å². The zero-order chi connectivity index (χ0) is 81.8. The lowest BCUT2D eigenvalue weighted by Gasteiger charge is -2.42. The number of nitrogens with zero attached hydrogens (tertiary/aromatic N) is 17. The first-order valence-corrected chi connectivity index (χ1v) is 40.8. The predicted octanol–water partition coefficient (Wildman–Crippen LogP) is 9.76. The summed E-state index contributed by atoms with van der Waals surface area (Å²) in [5, 5.41) is 66.9. The number of aromatic nitrogens is 6. The number of rotatable bonds is 22. The summed E-state index contributed by atoms with van der Waals surface area (Å²) in [4.78, 5) is 87.0. The molecule has 9 aromatic rings. The number of aliphatic hydroxyl groups excluding tert-OH is 2. The van der Waals surface area contributed by atoms with E-state index in [4.69, 9.17) is 44.1 Å². The maximum absolute atomic E-state index is 12.4. The van der Waals surface area contributed by atoms with Gasteiger partial charge >= 0.3 is 18.0 Å². The van der Waals surface area contributed by atoms with Crippen LogP contribution in [-0.4, -0.2) is 242 Å². The highest BCUT2D eigenvalue weighted by molar-refractivity contribution is 7.59. The number of amides is 3. The molecule has 3 amide bonds. The van der Waals surface area contributed by atoms with Crippen molar-refractivity contribution in [2.45, 2.75) is 115 Å². The third kappa shape index (κ3) is 18.6. The molecule has 7 aliphatic heterocycles. The molecule has 0 saturated carbocycles. The average Bonchev–Trinajstić information content (AvgIpc) is 0.826. The number of anilines is 6. The first kappa shape index (κ1) is 84.2. The normalized spacial score (nSPS) is 18.5. The molecule has 118 heavy (non-hydrogen) atoms. The van der Waals surface area contributed by atoms with E-state index < -0.39 is 0 Å². The molecule has 3 aromatic heterocycles. The fourth-order valence-corrected chi connectivity index (χ4v) is 17.3. The van der Waals surface area contributed by atoms with Crippen molar-refractivity contribution in [2.75, 3.05) is 155 Å². The standard InChI is InChI=1S/C31H38N6O4.C29H32N6O3.C29H35N5O4.H2S/c1-3-29(40)36-13-14-37(23(17-36)19-38)30-26-10-12-35(28-16-24(39)15-21-7-4-5-9-25(21)28)18-27(26)32-31(33-30)41-20-22-8-6-11-34(22)2;1-3-15-38-29-31-25-19-33(26-17-22(36)16-20-7-5-6-8-23(20)26)12-10-24(25)28(32-29)34-13-14-35(27(37)4-2)21(18-34)9-11-30;1-3-15-38-29-30-25-19-32(26-17-22(36)16-20-7-5-6-8-23(20)26)11-9-24(25)28(31-29)33-12-13-34(27(37)4-2)21(18-33)10-14-35;/h3-5,7,9,15-16,22-23,38-39H,1,6,8,10-14,17-20H2,2H3;4-8,16-17,21,36H,2-3,9-10,12-15,18-19H2,1H3;4-8,16-17,21,35-36H,2-3,9-15,18-19H2,1H3;1H2/t22-,23?;;;/m0.../s1. The quantitative estimate of drug-likeness (QED) is 0.0394. The zero-order valence-corrected chi connectivity index (χ0v) is 68.6. The van der Waals surface area contributed by atoms with E-state index in [0.29, 0.717) is 135 Å². The van der Waals surface area contributed by atoms with Crippen LogP contribution in [0.1, 0.15) is 86.1 Å². The number of likely N-dealkylation sites (N-methyl/N-ethyl adjacent to an activating group) is 1. The number of ether oxygens (including phenoxy) is 3. The molecule has 620 valence electrons.